The van der Waals surface area contributed by atoms with Crippen LogP contribution in [0.4, 0.5) is 11.5 Å². The maximum Gasteiger partial charge on any atom is 0.339 e. The van der Waals surface area contributed by atoms with Crippen LogP contribution in [0.5, 0.6) is 0 Å². The largest absolute Gasteiger partial charge is 0.465 e. The zero-order chi connectivity index (χ0) is 20.4. The van der Waals surface area contributed by atoms with Crippen LogP contribution in [-0.4, -0.2) is 38.0 Å². The first-order chi connectivity index (χ1) is 14.1. The number of hydrogen-bond acceptors (Lipinski definition) is 7. The summed E-state index contributed by atoms with van der Waals surface area (Å²) in [4.78, 5) is 21.0. The van der Waals surface area contributed by atoms with E-state index in [0.717, 1.165) is 5.56 Å². The van der Waals surface area contributed by atoms with E-state index in [9.17, 15) is 4.79 Å². The van der Waals surface area contributed by atoms with Gasteiger partial charge in [-0.05, 0) is 30.7 Å². The van der Waals surface area contributed by atoms with Gasteiger partial charge >= 0.3 is 5.97 Å². The van der Waals surface area contributed by atoms with Crippen LogP contribution in [-0.2, 0) is 11.3 Å². The Balaban J connectivity index is 1.75. The van der Waals surface area contributed by atoms with Crippen LogP contribution in [0.25, 0.3) is 11.2 Å². The van der Waals surface area contributed by atoms with E-state index in [-0.39, 0.29) is 0 Å². The van der Waals surface area contributed by atoms with Gasteiger partial charge < -0.3 is 10.1 Å². The van der Waals surface area contributed by atoms with E-state index in [1.54, 1.807) is 29.8 Å². The van der Waals surface area contributed by atoms with Gasteiger partial charge in [-0.1, -0.05) is 47.1 Å². The van der Waals surface area contributed by atoms with Crippen molar-refractivity contribution in [2.45, 2.75) is 13.5 Å². The Morgan fingerprint density at radius 3 is 2.69 bits per heavy atom. The predicted octanol–water partition coefficient (Wildman–Crippen LogP) is 3.76. The molecule has 4 aromatic rings. The maximum atomic E-state index is 12.1. The molecule has 4 rings (SSSR count). The molecule has 2 aromatic heterocycles. The molecule has 146 valence electrons. The highest BCUT2D eigenvalue weighted by molar-refractivity contribution is 6.31. The molecule has 8 nitrogen and oxygen atoms in total. The number of aryl methyl sites for hydroxylation is 1. The van der Waals surface area contributed by atoms with E-state index in [4.69, 9.17) is 16.3 Å². The third kappa shape index (κ3) is 3.74. The van der Waals surface area contributed by atoms with Gasteiger partial charge in [0.05, 0.1) is 24.9 Å². The van der Waals surface area contributed by atoms with Crippen LogP contribution in [0.2, 0.25) is 5.02 Å². The van der Waals surface area contributed by atoms with E-state index < -0.39 is 5.97 Å². The lowest BCUT2D eigenvalue weighted by Gasteiger charge is -2.11. The second-order valence-corrected chi connectivity index (χ2v) is 6.70. The zero-order valence-corrected chi connectivity index (χ0v) is 16.5. The number of fused-ring (bicyclic) bond motifs is 1. The minimum Gasteiger partial charge on any atom is -0.465 e. The number of esters is 1. The third-order valence-corrected chi connectivity index (χ3v) is 4.71. The summed E-state index contributed by atoms with van der Waals surface area (Å²) in [6, 6.07) is 14.6. The van der Waals surface area contributed by atoms with Crippen molar-refractivity contribution in [3.63, 3.8) is 0 Å². The molecule has 1 N–H and O–H groups in total. The Kier molecular flexibility index (Phi) is 5.09. The van der Waals surface area contributed by atoms with Crippen molar-refractivity contribution in [1.82, 2.24) is 25.0 Å². The van der Waals surface area contributed by atoms with Crippen molar-refractivity contribution in [2.75, 3.05) is 12.4 Å². The Morgan fingerprint density at radius 2 is 1.90 bits per heavy atom. The molecule has 0 aliphatic rings. The van der Waals surface area contributed by atoms with Crippen LogP contribution in [0.15, 0.2) is 48.5 Å². The quantitative estimate of drug-likeness (QED) is 0.502. The van der Waals surface area contributed by atoms with Gasteiger partial charge in [-0.15, -0.1) is 5.10 Å². The number of aromatic nitrogens is 5. The number of para-hydroxylation sites is 1. The summed E-state index contributed by atoms with van der Waals surface area (Å²) in [5, 5.41) is 12.3. The summed E-state index contributed by atoms with van der Waals surface area (Å²) in [5.74, 6) is 0.546. The molecule has 0 bridgehead atoms. The third-order valence-electron chi connectivity index (χ3n) is 4.34. The number of halogens is 1. The molecule has 0 amide bonds. The molecule has 0 saturated carbocycles. The van der Waals surface area contributed by atoms with Crippen LogP contribution in [0, 0.1) is 6.92 Å². The summed E-state index contributed by atoms with van der Waals surface area (Å²) >= 11 is 6.27. The molecule has 2 heterocycles. The van der Waals surface area contributed by atoms with Crippen molar-refractivity contribution in [3.8, 4) is 0 Å². The minimum absolute atomic E-state index is 0.392. The molecule has 0 aliphatic carbocycles. The Bertz CT molecular complexity index is 1210. The lowest BCUT2D eigenvalue weighted by molar-refractivity contribution is 0.0602. The zero-order valence-electron chi connectivity index (χ0n) is 15.8. The summed E-state index contributed by atoms with van der Waals surface area (Å²) < 4.78 is 6.52. The van der Waals surface area contributed by atoms with E-state index in [2.05, 4.69) is 25.6 Å². The summed E-state index contributed by atoms with van der Waals surface area (Å²) in [6.45, 7) is 2.20. The van der Waals surface area contributed by atoms with Crippen LogP contribution < -0.4 is 5.32 Å². The summed E-state index contributed by atoms with van der Waals surface area (Å²) in [7, 11) is 1.34. The first-order valence-corrected chi connectivity index (χ1v) is 9.20. The summed E-state index contributed by atoms with van der Waals surface area (Å²) in [6.07, 6.45) is 0. The van der Waals surface area contributed by atoms with Crippen molar-refractivity contribution in [3.05, 3.63) is 70.5 Å². The topological polar surface area (TPSA) is 94.8 Å². The smallest absolute Gasteiger partial charge is 0.339 e. The molecule has 0 saturated heterocycles. The maximum absolute atomic E-state index is 12.1. The van der Waals surface area contributed by atoms with Crippen molar-refractivity contribution in [1.29, 1.82) is 0 Å². The highest BCUT2D eigenvalue weighted by atomic mass is 35.5. The van der Waals surface area contributed by atoms with Gasteiger partial charge in [0.15, 0.2) is 17.0 Å². The number of carbonyl (C=O) groups is 1. The van der Waals surface area contributed by atoms with Gasteiger partial charge in [-0.3, -0.25) is 0 Å². The van der Waals surface area contributed by atoms with E-state index in [1.165, 1.54) is 7.11 Å². The van der Waals surface area contributed by atoms with Crippen molar-refractivity contribution >= 4 is 40.2 Å². The average Bonchev–Trinajstić information content (AvgIpc) is 3.12. The number of methoxy groups -OCH3 is 1. The predicted molar refractivity (Wildman–Crippen MR) is 109 cm³/mol. The SMILES string of the molecule is COC(=O)c1ccccc1Nc1nc(C)nc2c1nnn2Cc1ccccc1Cl. The fourth-order valence-electron chi connectivity index (χ4n) is 2.95. The van der Waals surface area contributed by atoms with Crippen LogP contribution in [0.1, 0.15) is 21.7 Å². The number of ether oxygens (including phenoxy) is 1. The number of nitrogens with one attached hydrogen (secondary N) is 1. The lowest BCUT2D eigenvalue weighted by atomic mass is 10.2. The fourth-order valence-corrected chi connectivity index (χ4v) is 3.15. The second-order valence-electron chi connectivity index (χ2n) is 6.29. The molecule has 0 aliphatic heterocycles. The molecule has 2 aromatic carbocycles. The number of anilines is 2. The Labute approximate surface area is 171 Å². The molecule has 0 fully saturated rings. The highest BCUT2D eigenvalue weighted by Gasteiger charge is 2.17. The normalized spacial score (nSPS) is 10.9. The van der Waals surface area contributed by atoms with Gasteiger partial charge in [0.25, 0.3) is 0 Å². The van der Waals surface area contributed by atoms with E-state index in [1.807, 2.05) is 30.3 Å². The molecular formula is C20H17ClN6O2. The molecule has 0 radical (unpaired) electrons. The van der Waals surface area contributed by atoms with Crippen LogP contribution in [0.3, 0.4) is 0 Å². The second kappa shape index (κ2) is 7.84. The highest BCUT2D eigenvalue weighted by Crippen LogP contribution is 2.26. The first kappa shape index (κ1) is 18.8. The monoisotopic (exact) mass is 408 g/mol. The molecule has 0 unspecified atom stereocenters. The molecule has 29 heavy (non-hydrogen) atoms. The Hall–Kier alpha value is -3.52. The van der Waals surface area contributed by atoms with Gasteiger partial charge in [-0.2, -0.15) is 0 Å². The minimum atomic E-state index is -0.447. The molecule has 0 atom stereocenters. The lowest BCUT2D eigenvalue weighted by Crippen LogP contribution is -2.08. The summed E-state index contributed by atoms with van der Waals surface area (Å²) in [5.41, 5.74) is 2.91. The number of carbonyl (C=O) groups excluding carboxylic acids is 1. The van der Waals surface area contributed by atoms with Gasteiger partial charge in [-0.25, -0.2) is 19.4 Å². The Morgan fingerprint density at radius 1 is 1.14 bits per heavy atom. The average molecular weight is 409 g/mol. The number of benzene rings is 2. The van der Waals surface area contributed by atoms with Crippen molar-refractivity contribution in [2.24, 2.45) is 0 Å². The fraction of sp³-hybridized carbons (Fsp3) is 0.150. The van der Waals surface area contributed by atoms with Gasteiger partial charge in [0.2, 0.25) is 0 Å². The standard InChI is InChI=1S/C20H17ClN6O2/c1-12-22-18(24-16-10-6-4-8-14(16)20(28)29-2)17-19(23-12)27(26-25-17)11-13-7-3-5-9-15(13)21/h3-10H,11H2,1-2H3,(H,22,23,24). The van der Waals surface area contributed by atoms with Crippen molar-refractivity contribution < 1.29 is 9.53 Å². The number of rotatable bonds is 5. The number of nitrogens with zero attached hydrogens (tertiary/aromatic N) is 5. The van der Waals surface area contributed by atoms with E-state index in [0.29, 0.717) is 45.6 Å². The van der Waals surface area contributed by atoms with Gasteiger partial charge in [0, 0.05) is 5.02 Å². The first-order valence-electron chi connectivity index (χ1n) is 8.82. The molecule has 9 heteroatoms. The van der Waals surface area contributed by atoms with Gasteiger partial charge in [0.1, 0.15) is 5.82 Å². The van der Waals surface area contributed by atoms with E-state index >= 15 is 0 Å². The number of hydrogen-bond donors (Lipinski definition) is 1. The van der Waals surface area contributed by atoms with Crippen LogP contribution >= 0.6 is 11.6 Å². The molecule has 0 spiro atoms. The molecular weight excluding hydrogens is 392 g/mol.